The van der Waals surface area contributed by atoms with Crippen LogP contribution in [0.25, 0.3) is 22.3 Å². The molecular formula is C45H58F2N10O13P2S. The molecule has 5 N–H and O–H groups in total. The number of nitrogen functional groups attached to an aromatic ring is 1. The summed E-state index contributed by atoms with van der Waals surface area (Å²) in [7, 11) is -5.23. The molecule has 73 heavy (non-hydrogen) atoms. The van der Waals surface area contributed by atoms with Gasteiger partial charge in [0, 0.05) is 30.9 Å². The maximum absolute atomic E-state index is 16.9. The number of ether oxygens (including phenoxy) is 2. The van der Waals surface area contributed by atoms with E-state index in [1.807, 2.05) is 13.8 Å². The number of carbonyl (C=O) groups is 3. The van der Waals surface area contributed by atoms with Gasteiger partial charge in [0.2, 0.25) is 5.91 Å². The first-order chi connectivity index (χ1) is 34.8. The van der Waals surface area contributed by atoms with Crippen molar-refractivity contribution in [3.05, 3.63) is 71.1 Å². The molecule has 28 heteroatoms. The second-order valence-electron chi connectivity index (χ2n) is 18.5. The Labute approximate surface area is 421 Å². The Morgan fingerprint density at radius 2 is 1.48 bits per heavy atom. The van der Waals surface area contributed by atoms with Crippen molar-refractivity contribution in [2.24, 2.45) is 11.8 Å². The number of nitrogens with one attached hydrogen (secondary N) is 2. The number of aromatic amines is 1. The molecule has 5 aromatic rings. The summed E-state index contributed by atoms with van der Waals surface area (Å²) in [6, 6.07) is 5.83. The Morgan fingerprint density at radius 1 is 0.863 bits per heavy atom. The lowest BCUT2D eigenvalue weighted by molar-refractivity contribution is -0.133. The summed E-state index contributed by atoms with van der Waals surface area (Å²) in [4.78, 5) is 85.5. The molecule has 1 aromatic carbocycles. The molecule has 3 aliphatic heterocycles. The summed E-state index contributed by atoms with van der Waals surface area (Å²) in [6.45, 7) is 1.12. The zero-order valence-electron chi connectivity index (χ0n) is 40.4. The maximum Gasteiger partial charge on any atom is 0.472 e. The summed E-state index contributed by atoms with van der Waals surface area (Å²) in [5.74, 6) is -1.40. The van der Waals surface area contributed by atoms with Crippen LogP contribution in [0.5, 0.6) is 0 Å². The topological polar surface area (TPSA) is 306 Å². The van der Waals surface area contributed by atoms with Crippen LogP contribution >= 0.6 is 26.0 Å². The van der Waals surface area contributed by atoms with Gasteiger partial charge < -0.3 is 30.4 Å². The van der Waals surface area contributed by atoms with Crippen LogP contribution in [0.2, 0.25) is 0 Å². The monoisotopic (exact) mass is 1080 g/mol. The Kier molecular flexibility index (Phi) is 17.4. The van der Waals surface area contributed by atoms with E-state index in [9.17, 15) is 28.6 Å². The highest BCUT2D eigenvalue weighted by molar-refractivity contribution is 8.54. The van der Waals surface area contributed by atoms with Gasteiger partial charge in [0.05, 0.1) is 38.2 Å². The number of aromatic nitrogens is 8. The van der Waals surface area contributed by atoms with Crippen LogP contribution in [0.15, 0.2) is 54.4 Å². The van der Waals surface area contributed by atoms with Crippen LogP contribution in [-0.4, -0.2) is 117 Å². The number of phosphoric acid groups is 1. The smallest absolute Gasteiger partial charge is 0.382 e. The predicted octanol–water partition coefficient (Wildman–Crippen LogP) is 6.18. The summed E-state index contributed by atoms with van der Waals surface area (Å²) >= 11 is 0.634. The largest absolute Gasteiger partial charge is 0.472 e. The molecule has 3 saturated heterocycles. The quantitative estimate of drug-likeness (QED) is 0.0530. The number of phosphoric ester groups is 1. The zero-order valence-corrected chi connectivity index (χ0v) is 43.0. The summed E-state index contributed by atoms with van der Waals surface area (Å²) in [5, 5.41) is 2.80. The zero-order chi connectivity index (χ0) is 52.2. The molecule has 3 aliphatic rings. The van der Waals surface area contributed by atoms with Crippen molar-refractivity contribution in [1.82, 2.24) is 44.4 Å². The van der Waals surface area contributed by atoms with E-state index in [2.05, 4.69) is 42.1 Å². The van der Waals surface area contributed by atoms with Crippen LogP contribution in [0, 0.1) is 11.8 Å². The van der Waals surface area contributed by atoms with Crippen LogP contribution in [-0.2, 0) is 63.3 Å². The van der Waals surface area contributed by atoms with Crippen LogP contribution < -0.4 is 16.6 Å². The Balaban J connectivity index is 0.977. The number of alkyl halides is 2. The number of anilines is 1. The molecule has 0 spiro atoms. The van der Waals surface area contributed by atoms with Crippen LogP contribution in [0.4, 0.5) is 14.6 Å². The van der Waals surface area contributed by atoms with E-state index in [0.717, 1.165) is 55.7 Å². The van der Waals surface area contributed by atoms with Crippen molar-refractivity contribution < 1.29 is 64.8 Å². The van der Waals surface area contributed by atoms with Gasteiger partial charge in [-0.2, -0.15) is 0 Å². The average Bonchev–Trinajstić information content (AvgIpc) is 4.13. The van der Waals surface area contributed by atoms with Crippen molar-refractivity contribution in [2.45, 2.75) is 140 Å². The fourth-order valence-corrected chi connectivity index (χ4v) is 13.1. The second-order valence-corrected chi connectivity index (χ2v) is 24.0. The Hall–Kier alpha value is -4.88. The van der Waals surface area contributed by atoms with E-state index in [-0.39, 0.29) is 70.1 Å². The third-order valence-corrected chi connectivity index (χ3v) is 17.6. The van der Waals surface area contributed by atoms with Crippen molar-refractivity contribution in [3.63, 3.8) is 0 Å². The molecular weight excluding hydrogens is 1020 g/mol. The van der Waals surface area contributed by atoms with E-state index in [4.69, 9.17) is 33.3 Å². The standard InChI is InChI=1S/C45H58F2N10O13P2S/c1-5-6-7-8-9-10-28(58)16-29(24(2)3)42(60)55-25(4)30(59)15-26-11-13-27(14-12-26)19-73-72(64)66-18-32-37(33(46)44(68-32)56-22-53-35-39(48)49-20-50-40(35)56)69-71(62,63)65-17-31-38(70-72)34(47)45(67-31)57-23-54-36-41(57)51-21-52-43(36)61/h11-14,20-25,29,31-34,37-38,44-45H,5-10,15-19H2,1-4H3,(H,55,60)(H,62,63)(H2,48,49,50)(H,51,52,61)/t25-,29-,31+,32+,33+,34+,37+,38+,44+,45+,72?/m0/s1. The van der Waals surface area contributed by atoms with E-state index < -0.39 is 94.6 Å². The van der Waals surface area contributed by atoms with Crippen molar-refractivity contribution in [1.29, 1.82) is 0 Å². The first kappa shape index (κ1) is 54.4. The van der Waals surface area contributed by atoms with Gasteiger partial charge in [-0.1, -0.05) is 70.7 Å². The van der Waals surface area contributed by atoms with Gasteiger partial charge in [-0.25, -0.2) is 42.8 Å². The number of hydrogen-bond acceptors (Lipinski definition) is 19. The molecule has 0 saturated carbocycles. The Morgan fingerprint density at radius 3 is 2.15 bits per heavy atom. The van der Waals surface area contributed by atoms with Crippen molar-refractivity contribution in [3.8, 4) is 0 Å². The van der Waals surface area contributed by atoms with Crippen molar-refractivity contribution >= 4 is 71.6 Å². The number of fused-ring (bicyclic) bond motifs is 4. The maximum atomic E-state index is 16.9. The molecule has 396 valence electrons. The summed E-state index contributed by atoms with van der Waals surface area (Å²) in [5.41, 5.74) is 6.42. The van der Waals surface area contributed by atoms with Gasteiger partial charge in [0.15, 0.2) is 53.2 Å². The van der Waals surface area contributed by atoms with E-state index in [1.54, 1.807) is 31.2 Å². The third kappa shape index (κ3) is 12.6. The molecule has 0 radical (unpaired) electrons. The van der Waals surface area contributed by atoms with Gasteiger partial charge >= 0.3 is 14.6 Å². The normalized spacial score (nSPS) is 28.5. The highest BCUT2D eigenvalue weighted by Crippen LogP contribution is 2.65. The average molecular weight is 1080 g/mol. The number of H-pyrrole nitrogens is 1. The number of ketones is 2. The van der Waals surface area contributed by atoms with E-state index >= 15 is 13.3 Å². The number of halogens is 2. The number of benzene rings is 1. The lowest BCUT2D eigenvalue weighted by Gasteiger charge is -2.29. The number of carbonyl (C=O) groups excluding carboxylic acids is 3. The lowest BCUT2D eigenvalue weighted by atomic mass is 9.88. The number of nitrogens with two attached hydrogens (primary N) is 1. The molecule has 4 aromatic heterocycles. The fraction of sp³-hybridized carbons (Fsp3) is 0.578. The number of rotatable bonds is 19. The molecule has 1 amide bonds. The van der Waals surface area contributed by atoms with Gasteiger partial charge in [-0.3, -0.25) is 46.4 Å². The van der Waals surface area contributed by atoms with Gasteiger partial charge in [0.25, 0.3) is 5.56 Å². The van der Waals surface area contributed by atoms with Gasteiger partial charge in [0.1, 0.15) is 42.0 Å². The molecule has 8 rings (SSSR count). The van der Waals surface area contributed by atoms with Gasteiger partial charge in [-0.05, 0) is 41.8 Å². The SMILES string of the molecule is CCCCCCCC(=O)C[C@H](C(=O)N[C@@H](C)C(=O)Cc1ccc(CSP2(=O)OC[C@H]3O[C@@H](n4cnc5c(N)ncnc54)[C@H](F)[C@@H]3OP(=O)(O)OC[C@H]3O[C@@H](n4cnc5c(=O)[nH]cnc54)[C@H](F)[C@@H]3O2)cc1)C(C)C. The van der Waals surface area contributed by atoms with Crippen LogP contribution in [0.1, 0.15) is 96.2 Å². The first-order valence-corrected chi connectivity index (χ1v) is 28.6. The number of hydrogen-bond donors (Lipinski definition) is 4. The third-order valence-electron chi connectivity index (χ3n) is 12.9. The van der Waals surface area contributed by atoms with Crippen molar-refractivity contribution in [2.75, 3.05) is 18.9 Å². The number of Topliss-reactive ketones (excluding diaryl/α,β-unsaturated/α-hetero) is 2. The molecule has 23 nitrogen and oxygen atoms in total. The number of amides is 1. The fourth-order valence-electron chi connectivity index (χ4n) is 8.79. The minimum atomic E-state index is -5.23. The minimum Gasteiger partial charge on any atom is -0.382 e. The Bertz CT molecular complexity index is 2930. The number of unbranched alkanes of at least 4 members (excludes halogenated alkanes) is 4. The number of nitrogens with zero attached hydrogens (tertiary/aromatic N) is 7. The minimum absolute atomic E-state index is 0.0123. The molecule has 12 atom stereocenters. The summed E-state index contributed by atoms with van der Waals surface area (Å²) in [6.07, 6.45) is -4.62. The number of imidazole rings is 2. The first-order valence-electron chi connectivity index (χ1n) is 23.9. The molecule has 2 unspecified atom stereocenters. The summed E-state index contributed by atoms with van der Waals surface area (Å²) < 4.78 is 98.9. The molecule has 7 heterocycles. The van der Waals surface area contributed by atoms with Gasteiger partial charge in [-0.15, -0.1) is 0 Å². The predicted molar refractivity (Wildman–Crippen MR) is 260 cm³/mol. The molecule has 0 aliphatic carbocycles. The highest BCUT2D eigenvalue weighted by Gasteiger charge is 2.55. The van der Waals surface area contributed by atoms with E-state index in [0.29, 0.717) is 28.9 Å². The second kappa shape index (κ2) is 23.3. The van der Waals surface area contributed by atoms with E-state index in [1.165, 1.54) is 10.9 Å². The van der Waals surface area contributed by atoms with Crippen LogP contribution in [0.3, 0.4) is 0 Å². The molecule has 0 bridgehead atoms. The lowest BCUT2D eigenvalue weighted by Crippen LogP contribution is -2.44. The highest BCUT2D eigenvalue weighted by atomic mass is 32.7. The molecule has 3 fully saturated rings.